The predicted octanol–water partition coefficient (Wildman–Crippen LogP) is 1.76. The zero-order valence-electron chi connectivity index (χ0n) is 11.5. The molecular weight excluding hydrogens is 292 g/mol. The van der Waals surface area contributed by atoms with E-state index in [0.717, 1.165) is 6.42 Å². The molecule has 0 saturated carbocycles. The van der Waals surface area contributed by atoms with E-state index in [1.54, 1.807) is 29.1 Å². The monoisotopic (exact) mass is 306 g/mol. The molecule has 0 bridgehead atoms. The first kappa shape index (κ1) is 13.8. The number of amidine groups is 1. The van der Waals surface area contributed by atoms with E-state index in [0.29, 0.717) is 29.8 Å². The number of nitrogen functional groups attached to an aromatic ring is 1. The first-order valence-corrected chi connectivity index (χ1v) is 6.97. The van der Waals surface area contributed by atoms with Crippen LogP contribution in [-0.4, -0.2) is 40.0 Å². The van der Waals surface area contributed by atoms with Crippen LogP contribution in [0.5, 0.6) is 5.75 Å². The molecule has 2 saturated heterocycles. The van der Waals surface area contributed by atoms with E-state index in [1.165, 1.54) is 0 Å². The van der Waals surface area contributed by atoms with E-state index in [9.17, 15) is 9.90 Å². The van der Waals surface area contributed by atoms with Gasteiger partial charge in [-0.2, -0.15) is 0 Å². The van der Waals surface area contributed by atoms with Crippen molar-refractivity contribution in [2.45, 2.75) is 13.3 Å². The third-order valence-electron chi connectivity index (χ3n) is 3.81. The number of phenolic OH excluding ortho intramolecular Hbond substituents is 1. The van der Waals surface area contributed by atoms with Crippen LogP contribution in [0.1, 0.15) is 17.5 Å². The number of hydrazine groups is 1. The molecule has 1 aromatic rings. The van der Waals surface area contributed by atoms with Crippen molar-refractivity contribution in [2.24, 2.45) is 0 Å². The molecule has 0 atom stereocenters. The number of aromatic hydroxyl groups is 1. The summed E-state index contributed by atoms with van der Waals surface area (Å²) in [6.07, 6.45) is 2.43. The second-order valence-electron chi connectivity index (χ2n) is 5.17. The van der Waals surface area contributed by atoms with Crippen LogP contribution < -0.4 is 5.73 Å². The smallest absolute Gasteiger partial charge is 0.276 e. The van der Waals surface area contributed by atoms with Crippen LogP contribution in [0.15, 0.2) is 11.6 Å². The minimum Gasteiger partial charge on any atom is -0.506 e. The van der Waals surface area contributed by atoms with Crippen molar-refractivity contribution in [1.29, 1.82) is 5.41 Å². The first-order valence-electron chi connectivity index (χ1n) is 6.59. The molecule has 4 N–H and O–H groups in total. The lowest BCUT2D eigenvalue weighted by Gasteiger charge is -2.18. The molecular formula is C14H15ClN4O2. The second kappa shape index (κ2) is 4.66. The van der Waals surface area contributed by atoms with Crippen LogP contribution in [0.25, 0.3) is 6.08 Å². The topological polar surface area (TPSA) is 93.7 Å². The van der Waals surface area contributed by atoms with Crippen molar-refractivity contribution in [3.8, 4) is 5.75 Å². The number of anilines is 1. The molecule has 2 heterocycles. The van der Waals surface area contributed by atoms with E-state index in [2.05, 4.69) is 0 Å². The van der Waals surface area contributed by atoms with E-state index in [4.69, 9.17) is 22.7 Å². The summed E-state index contributed by atoms with van der Waals surface area (Å²) in [6.45, 7) is 3.00. The maximum atomic E-state index is 12.3. The van der Waals surface area contributed by atoms with Crippen molar-refractivity contribution in [3.05, 3.63) is 27.8 Å². The summed E-state index contributed by atoms with van der Waals surface area (Å²) in [5.41, 5.74) is 7.49. The summed E-state index contributed by atoms with van der Waals surface area (Å²) in [5.74, 6) is -0.0778. The summed E-state index contributed by atoms with van der Waals surface area (Å²) >= 11 is 5.98. The molecule has 2 aliphatic heterocycles. The molecule has 21 heavy (non-hydrogen) atoms. The standard InChI is InChI=1S/C14H15ClN4O2/c1-7-5-8(11(16)10(15)12(7)20)6-9-13(17)18-3-2-4-19(18)14(9)21/h5-6,17,20H,2-4,16H2,1H3. The average molecular weight is 307 g/mol. The Hall–Kier alpha value is -2.21. The number of nitrogens with one attached hydrogen (secondary N) is 1. The number of carbonyl (C=O) groups excluding carboxylic acids is 1. The van der Waals surface area contributed by atoms with Crippen molar-refractivity contribution in [3.63, 3.8) is 0 Å². The third kappa shape index (κ3) is 1.94. The van der Waals surface area contributed by atoms with Gasteiger partial charge in [-0.15, -0.1) is 0 Å². The van der Waals surface area contributed by atoms with Crippen LogP contribution >= 0.6 is 11.6 Å². The number of hydrogen-bond acceptors (Lipinski definition) is 4. The fraction of sp³-hybridized carbons (Fsp3) is 0.286. The average Bonchev–Trinajstić information content (AvgIpc) is 3.02. The van der Waals surface area contributed by atoms with Crippen molar-refractivity contribution in [1.82, 2.24) is 10.0 Å². The molecule has 0 aromatic heterocycles. The quantitative estimate of drug-likeness (QED) is 0.544. The number of phenols is 1. The zero-order valence-corrected chi connectivity index (χ0v) is 12.2. The van der Waals surface area contributed by atoms with Gasteiger partial charge in [-0.05, 0) is 31.1 Å². The third-order valence-corrected chi connectivity index (χ3v) is 4.19. The highest BCUT2D eigenvalue weighted by atomic mass is 35.5. The number of nitrogens with zero attached hydrogens (tertiary/aromatic N) is 2. The Labute approximate surface area is 126 Å². The fourth-order valence-corrected chi connectivity index (χ4v) is 2.90. The Morgan fingerprint density at radius 3 is 2.76 bits per heavy atom. The Bertz CT molecular complexity index is 675. The lowest BCUT2D eigenvalue weighted by atomic mass is 10.0. The number of aryl methyl sites for hydroxylation is 1. The highest BCUT2D eigenvalue weighted by Gasteiger charge is 2.40. The molecule has 2 fully saturated rings. The van der Waals surface area contributed by atoms with E-state index < -0.39 is 0 Å². The Balaban J connectivity index is 2.07. The molecule has 110 valence electrons. The van der Waals surface area contributed by atoms with Gasteiger partial charge < -0.3 is 10.8 Å². The first-order chi connectivity index (χ1) is 9.91. The summed E-state index contributed by atoms with van der Waals surface area (Å²) in [7, 11) is 0. The molecule has 0 unspecified atom stereocenters. The molecule has 2 aliphatic rings. The van der Waals surface area contributed by atoms with E-state index in [1.807, 2.05) is 0 Å². The Morgan fingerprint density at radius 2 is 2.10 bits per heavy atom. The molecule has 6 nitrogen and oxygen atoms in total. The minimum absolute atomic E-state index is 0.0616. The van der Waals surface area contributed by atoms with Gasteiger partial charge in [0.1, 0.15) is 10.8 Å². The Morgan fingerprint density at radius 1 is 1.43 bits per heavy atom. The van der Waals surface area contributed by atoms with Gasteiger partial charge in [-0.25, -0.2) is 5.01 Å². The molecule has 7 heteroatoms. The minimum atomic E-state index is -0.196. The maximum Gasteiger partial charge on any atom is 0.276 e. The van der Waals surface area contributed by atoms with Crippen molar-refractivity contribution < 1.29 is 9.90 Å². The largest absolute Gasteiger partial charge is 0.506 e. The number of hydrogen-bond donors (Lipinski definition) is 3. The summed E-state index contributed by atoms with van der Waals surface area (Å²) in [5, 5.41) is 21.2. The van der Waals surface area contributed by atoms with Gasteiger partial charge in [0.25, 0.3) is 5.91 Å². The zero-order chi connectivity index (χ0) is 15.3. The molecule has 0 spiro atoms. The predicted molar refractivity (Wildman–Crippen MR) is 81.0 cm³/mol. The number of halogens is 1. The number of nitrogens with two attached hydrogens (primary N) is 1. The van der Waals surface area contributed by atoms with Gasteiger partial charge in [0, 0.05) is 18.7 Å². The van der Waals surface area contributed by atoms with Crippen LogP contribution in [0.4, 0.5) is 5.69 Å². The number of amides is 1. The SMILES string of the molecule is Cc1cc(C=C2C(=N)N3CCCN3C2=O)c(N)c(Cl)c1O. The van der Waals surface area contributed by atoms with Crippen LogP contribution in [0.2, 0.25) is 5.02 Å². The number of carbonyl (C=O) groups is 1. The molecule has 0 aliphatic carbocycles. The van der Waals surface area contributed by atoms with Crippen molar-refractivity contribution >= 4 is 35.1 Å². The van der Waals surface area contributed by atoms with Gasteiger partial charge >= 0.3 is 0 Å². The molecule has 1 aromatic carbocycles. The number of benzene rings is 1. The van der Waals surface area contributed by atoms with E-state index >= 15 is 0 Å². The number of fused-ring (bicyclic) bond motifs is 1. The second-order valence-corrected chi connectivity index (χ2v) is 5.55. The lowest BCUT2D eigenvalue weighted by Crippen LogP contribution is -2.33. The van der Waals surface area contributed by atoms with Crippen LogP contribution in [0.3, 0.4) is 0 Å². The van der Waals surface area contributed by atoms with Gasteiger partial charge in [0.2, 0.25) is 0 Å². The van der Waals surface area contributed by atoms with Gasteiger partial charge in [-0.1, -0.05) is 11.6 Å². The Kier molecular flexibility index (Phi) is 3.06. The van der Waals surface area contributed by atoms with Crippen LogP contribution in [0, 0.1) is 12.3 Å². The van der Waals surface area contributed by atoms with Crippen LogP contribution in [-0.2, 0) is 4.79 Å². The van der Waals surface area contributed by atoms with Gasteiger partial charge in [0.15, 0.2) is 5.84 Å². The molecule has 3 rings (SSSR count). The van der Waals surface area contributed by atoms with Crippen molar-refractivity contribution in [2.75, 3.05) is 18.8 Å². The highest BCUT2D eigenvalue weighted by molar-refractivity contribution is 6.35. The maximum absolute atomic E-state index is 12.3. The summed E-state index contributed by atoms with van der Waals surface area (Å²) in [6, 6.07) is 1.66. The van der Waals surface area contributed by atoms with Gasteiger partial charge in [0.05, 0.1) is 11.3 Å². The lowest BCUT2D eigenvalue weighted by molar-refractivity contribution is -0.131. The van der Waals surface area contributed by atoms with E-state index in [-0.39, 0.29) is 28.2 Å². The molecule has 1 amide bonds. The van der Waals surface area contributed by atoms with Gasteiger partial charge in [-0.3, -0.25) is 15.2 Å². The highest BCUT2D eigenvalue weighted by Crippen LogP contribution is 2.37. The molecule has 0 radical (unpaired) electrons. The number of rotatable bonds is 1. The summed E-state index contributed by atoms with van der Waals surface area (Å²) in [4.78, 5) is 12.3. The normalized spacial score (nSPS) is 19.8. The summed E-state index contributed by atoms with van der Waals surface area (Å²) < 4.78 is 0. The fourth-order valence-electron chi connectivity index (χ4n) is 2.65.